The van der Waals surface area contributed by atoms with Gasteiger partial charge in [-0.1, -0.05) is 34.5 Å². The zero-order valence-corrected chi connectivity index (χ0v) is 20.0. The molecular formula is C20H20Cl2N6O4S. The first kappa shape index (κ1) is 23.4. The van der Waals surface area contributed by atoms with Crippen molar-refractivity contribution in [1.82, 2.24) is 25.3 Å². The number of rotatable bonds is 6. The molecule has 4 heterocycles. The topological polar surface area (TPSA) is 133 Å². The Balaban J connectivity index is 1.51. The highest BCUT2D eigenvalue weighted by atomic mass is 35.5. The molecule has 0 unspecified atom stereocenters. The third-order valence-corrected chi connectivity index (χ3v) is 7.43. The molecule has 1 fully saturated rings. The van der Waals surface area contributed by atoms with Crippen LogP contribution in [0, 0.1) is 6.92 Å². The van der Waals surface area contributed by atoms with E-state index in [2.05, 4.69) is 25.3 Å². The molecule has 13 heteroatoms. The molecule has 0 radical (unpaired) electrons. The molecule has 0 aliphatic carbocycles. The van der Waals surface area contributed by atoms with Crippen LogP contribution in [0.2, 0.25) is 10.0 Å². The number of hydrogen-bond acceptors (Lipinski definition) is 8. The van der Waals surface area contributed by atoms with Gasteiger partial charge in [0.25, 0.3) is 5.91 Å². The lowest BCUT2D eigenvalue weighted by Gasteiger charge is -2.37. The normalized spacial score (nSPS) is 18.4. The van der Waals surface area contributed by atoms with Gasteiger partial charge >= 0.3 is 5.97 Å². The van der Waals surface area contributed by atoms with Crippen LogP contribution in [-0.2, 0) is 4.74 Å². The number of nitrogens with zero attached hydrogens (tertiary/aromatic N) is 4. The van der Waals surface area contributed by atoms with Crippen LogP contribution >= 0.6 is 34.5 Å². The summed E-state index contributed by atoms with van der Waals surface area (Å²) >= 11 is 13.3. The van der Waals surface area contributed by atoms with E-state index in [9.17, 15) is 14.7 Å². The quantitative estimate of drug-likeness (QED) is 0.459. The van der Waals surface area contributed by atoms with E-state index in [1.165, 1.54) is 18.7 Å². The summed E-state index contributed by atoms with van der Waals surface area (Å²) in [6.07, 6.45) is 4.62. The lowest BCUT2D eigenvalue weighted by molar-refractivity contribution is 0.0540. The van der Waals surface area contributed by atoms with Gasteiger partial charge in [0.15, 0.2) is 5.13 Å². The summed E-state index contributed by atoms with van der Waals surface area (Å²) in [6.45, 7) is 2.69. The van der Waals surface area contributed by atoms with Gasteiger partial charge in [0, 0.05) is 43.9 Å². The molecule has 3 aromatic rings. The molecule has 3 N–H and O–H groups in total. The van der Waals surface area contributed by atoms with Gasteiger partial charge in [-0.2, -0.15) is 0 Å². The molecule has 33 heavy (non-hydrogen) atoms. The molecule has 1 aliphatic rings. The number of carboxylic acid groups (broad SMARTS) is 1. The van der Waals surface area contributed by atoms with E-state index in [0.717, 1.165) is 11.3 Å². The number of thiazole rings is 1. The van der Waals surface area contributed by atoms with Crippen LogP contribution in [0.15, 0.2) is 18.7 Å². The fraction of sp³-hybridized carbons (Fsp3) is 0.350. The van der Waals surface area contributed by atoms with Crippen molar-refractivity contribution in [3.63, 3.8) is 0 Å². The standard InChI is InChI=1S/C20H20Cl2N6O4S/c1-9-13(21)14(22)16(25-9)18(29)26-11-3-4-28(7-12(11)32-2)20-27-15(17(33-20)19(30)31)10-5-23-8-24-6-10/h5-6,8,11-12,25H,3-4,7H2,1-2H3,(H,26,29)(H,30,31)/t11-,12+/m1/s1. The number of anilines is 1. The first-order valence-corrected chi connectivity index (χ1v) is 11.5. The Morgan fingerprint density at radius 1 is 1.30 bits per heavy atom. The molecule has 1 aliphatic heterocycles. The number of ether oxygens (including phenoxy) is 1. The van der Waals surface area contributed by atoms with Crippen molar-refractivity contribution in [3.8, 4) is 11.3 Å². The van der Waals surface area contributed by atoms with Crippen molar-refractivity contribution < 1.29 is 19.4 Å². The minimum atomic E-state index is -1.07. The smallest absolute Gasteiger partial charge is 0.348 e. The average molecular weight is 511 g/mol. The second kappa shape index (κ2) is 9.64. The molecule has 0 spiro atoms. The Morgan fingerprint density at radius 2 is 2.03 bits per heavy atom. The van der Waals surface area contributed by atoms with Crippen molar-refractivity contribution >= 4 is 51.5 Å². The zero-order chi connectivity index (χ0) is 23.7. The fourth-order valence-electron chi connectivity index (χ4n) is 3.67. The molecule has 10 nitrogen and oxygen atoms in total. The van der Waals surface area contributed by atoms with Crippen LogP contribution < -0.4 is 10.2 Å². The van der Waals surface area contributed by atoms with Gasteiger partial charge in [-0.3, -0.25) is 4.79 Å². The molecule has 0 bridgehead atoms. The van der Waals surface area contributed by atoms with Crippen LogP contribution in [-0.4, -0.2) is 69.3 Å². The van der Waals surface area contributed by atoms with Crippen molar-refractivity contribution in [2.75, 3.05) is 25.1 Å². The van der Waals surface area contributed by atoms with Crippen molar-refractivity contribution in [2.45, 2.75) is 25.5 Å². The van der Waals surface area contributed by atoms with Gasteiger partial charge in [-0.15, -0.1) is 0 Å². The van der Waals surface area contributed by atoms with E-state index >= 15 is 0 Å². The van der Waals surface area contributed by atoms with E-state index in [1.54, 1.807) is 14.0 Å². The Kier molecular flexibility index (Phi) is 6.84. The third-order valence-electron chi connectivity index (χ3n) is 5.37. The van der Waals surface area contributed by atoms with Crippen LogP contribution in [0.25, 0.3) is 11.3 Å². The summed E-state index contributed by atoms with van der Waals surface area (Å²) in [4.78, 5) is 42.0. The second-order valence-corrected chi connectivity index (χ2v) is 9.18. The molecular weight excluding hydrogens is 491 g/mol. The molecule has 1 saturated heterocycles. The minimum absolute atomic E-state index is 0.109. The number of carboxylic acids is 1. The first-order valence-electron chi connectivity index (χ1n) is 9.91. The van der Waals surface area contributed by atoms with Crippen LogP contribution in [0.1, 0.15) is 32.3 Å². The van der Waals surface area contributed by atoms with Gasteiger partial charge in [0.05, 0.1) is 22.2 Å². The molecule has 0 saturated carbocycles. The monoisotopic (exact) mass is 510 g/mol. The summed E-state index contributed by atoms with van der Waals surface area (Å²) in [5.74, 6) is -1.44. The molecule has 2 atom stereocenters. The largest absolute Gasteiger partial charge is 0.477 e. The average Bonchev–Trinajstić information content (AvgIpc) is 3.38. The molecule has 0 aromatic carbocycles. The first-order chi connectivity index (χ1) is 15.8. The number of piperidine rings is 1. The summed E-state index contributed by atoms with van der Waals surface area (Å²) in [5, 5.41) is 13.6. The predicted molar refractivity (Wildman–Crippen MR) is 125 cm³/mol. The van der Waals surface area contributed by atoms with Crippen molar-refractivity contribution in [2.24, 2.45) is 0 Å². The highest BCUT2D eigenvalue weighted by Crippen LogP contribution is 2.34. The summed E-state index contributed by atoms with van der Waals surface area (Å²) < 4.78 is 5.64. The molecule has 1 amide bonds. The number of aromatic amines is 1. The van der Waals surface area contributed by atoms with Gasteiger partial charge in [0.1, 0.15) is 22.6 Å². The number of hydrogen-bond donors (Lipinski definition) is 3. The summed E-state index contributed by atoms with van der Waals surface area (Å²) in [5.41, 5.74) is 1.67. The Morgan fingerprint density at radius 3 is 2.64 bits per heavy atom. The number of nitrogens with one attached hydrogen (secondary N) is 2. The Labute approximate surface area is 202 Å². The number of carbonyl (C=O) groups excluding carboxylic acids is 1. The number of carbonyl (C=O) groups is 2. The van der Waals surface area contributed by atoms with Crippen molar-refractivity contribution in [1.29, 1.82) is 0 Å². The lowest BCUT2D eigenvalue weighted by Crippen LogP contribution is -2.55. The highest BCUT2D eigenvalue weighted by molar-refractivity contribution is 7.17. The molecule has 3 aromatic heterocycles. The number of H-pyrrole nitrogens is 1. The maximum absolute atomic E-state index is 12.8. The molecule has 4 rings (SSSR count). The number of aromatic carboxylic acids is 1. The van der Waals surface area contributed by atoms with Crippen LogP contribution in [0.3, 0.4) is 0 Å². The molecule has 174 valence electrons. The van der Waals surface area contributed by atoms with E-state index in [-0.39, 0.29) is 33.6 Å². The van der Waals surface area contributed by atoms with Gasteiger partial charge in [-0.05, 0) is 13.3 Å². The number of aryl methyl sites for hydroxylation is 1. The van der Waals surface area contributed by atoms with E-state index in [0.29, 0.717) is 46.6 Å². The van der Waals surface area contributed by atoms with Crippen LogP contribution in [0.4, 0.5) is 5.13 Å². The van der Waals surface area contributed by atoms with Gasteiger partial charge in [-0.25, -0.2) is 19.7 Å². The van der Waals surface area contributed by atoms with Crippen molar-refractivity contribution in [3.05, 3.63) is 45.0 Å². The van der Waals surface area contributed by atoms with Gasteiger partial charge < -0.3 is 25.0 Å². The number of halogens is 2. The number of aromatic nitrogens is 4. The SMILES string of the molecule is CO[C@H]1CN(c2nc(-c3cncnc3)c(C(=O)O)s2)CC[C@H]1NC(=O)c1[nH]c(C)c(Cl)c1Cl. The van der Waals surface area contributed by atoms with E-state index in [1.807, 2.05) is 4.90 Å². The Bertz CT molecular complexity index is 1180. The maximum atomic E-state index is 12.8. The second-order valence-electron chi connectivity index (χ2n) is 7.45. The minimum Gasteiger partial charge on any atom is -0.477 e. The number of amides is 1. The summed E-state index contributed by atoms with van der Waals surface area (Å²) in [7, 11) is 1.56. The summed E-state index contributed by atoms with van der Waals surface area (Å²) in [6, 6.07) is -0.280. The van der Waals surface area contributed by atoms with Gasteiger partial charge in [0.2, 0.25) is 0 Å². The zero-order valence-electron chi connectivity index (χ0n) is 17.6. The lowest BCUT2D eigenvalue weighted by atomic mass is 10.0. The van der Waals surface area contributed by atoms with E-state index < -0.39 is 5.97 Å². The predicted octanol–water partition coefficient (Wildman–Crippen LogP) is 3.27. The van der Waals surface area contributed by atoms with Crippen LogP contribution in [0.5, 0.6) is 0 Å². The third kappa shape index (κ3) is 4.67. The van der Waals surface area contributed by atoms with E-state index in [4.69, 9.17) is 27.9 Å². The number of methoxy groups -OCH3 is 1. The fourth-order valence-corrected chi connectivity index (χ4v) is 5.05. The highest BCUT2D eigenvalue weighted by Gasteiger charge is 2.34. The maximum Gasteiger partial charge on any atom is 0.348 e. The Hall–Kier alpha value is -2.73.